The van der Waals surface area contributed by atoms with Gasteiger partial charge in [0.15, 0.2) is 0 Å². The largest absolute Gasteiger partial charge is 0.380 e. The van der Waals surface area contributed by atoms with Crippen LogP contribution in [0.25, 0.3) is 0 Å². The highest BCUT2D eigenvalue weighted by atomic mass is 32.2. The predicted molar refractivity (Wildman–Crippen MR) is 86.1 cm³/mol. The summed E-state index contributed by atoms with van der Waals surface area (Å²) in [7, 11) is -0.313. The Morgan fingerprint density at radius 2 is 1.86 bits per heavy atom. The Bertz CT molecular complexity index is 566. The van der Waals surface area contributed by atoms with Crippen LogP contribution in [0.2, 0.25) is 0 Å². The van der Waals surface area contributed by atoms with Crippen molar-refractivity contribution in [1.29, 1.82) is 0 Å². The van der Waals surface area contributed by atoms with Crippen molar-refractivity contribution >= 4 is 15.7 Å². The van der Waals surface area contributed by atoms with Gasteiger partial charge in [-0.1, -0.05) is 12.1 Å². The average Bonchev–Trinajstić information content (AvgIpc) is 2.91. The highest BCUT2D eigenvalue weighted by molar-refractivity contribution is 7.89. The van der Waals surface area contributed by atoms with Gasteiger partial charge in [0.05, 0.1) is 5.69 Å². The first-order valence-electron chi connectivity index (χ1n) is 7.41. The number of hydrogen-bond acceptors (Lipinski definition) is 4. The van der Waals surface area contributed by atoms with E-state index < -0.39 is 10.0 Å². The van der Waals surface area contributed by atoms with Gasteiger partial charge in [0.1, 0.15) is 4.90 Å². The third-order valence-corrected chi connectivity index (χ3v) is 5.65. The second-order valence-electron chi connectivity index (χ2n) is 5.84. The number of hydrogen-bond donors (Lipinski definition) is 1. The van der Waals surface area contributed by atoms with Crippen molar-refractivity contribution in [2.45, 2.75) is 30.7 Å². The maximum atomic E-state index is 12.4. The van der Waals surface area contributed by atoms with Crippen molar-refractivity contribution in [1.82, 2.24) is 9.21 Å². The normalized spacial score (nSPS) is 18.1. The van der Waals surface area contributed by atoms with Gasteiger partial charge in [-0.3, -0.25) is 0 Å². The lowest BCUT2D eigenvalue weighted by molar-refractivity contribution is 0.327. The third kappa shape index (κ3) is 3.96. The van der Waals surface area contributed by atoms with Gasteiger partial charge in [-0.25, -0.2) is 12.7 Å². The van der Waals surface area contributed by atoms with Crippen LogP contribution in [0, 0.1) is 0 Å². The van der Waals surface area contributed by atoms with Crippen LogP contribution in [0.1, 0.15) is 19.8 Å². The van der Waals surface area contributed by atoms with Crippen LogP contribution >= 0.6 is 0 Å². The van der Waals surface area contributed by atoms with Crippen molar-refractivity contribution in [3.63, 3.8) is 0 Å². The Morgan fingerprint density at radius 3 is 2.48 bits per heavy atom. The maximum Gasteiger partial charge on any atom is 0.244 e. The summed E-state index contributed by atoms with van der Waals surface area (Å²) >= 11 is 0. The van der Waals surface area contributed by atoms with Gasteiger partial charge in [0, 0.05) is 26.7 Å². The van der Waals surface area contributed by atoms with Gasteiger partial charge >= 0.3 is 0 Å². The Labute approximate surface area is 128 Å². The fourth-order valence-corrected chi connectivity index (χ4v) is 3.72. The molecular weight excluding hydrogens is 286 g/mol. The molecule has 21 heavy (non-hydrogen) atoms. The third-order valence-electron chi connectivity index (χ3n) is 3.78. The van der Waals surface area contributed by atoms with E-state index in [-0.39, 0.29) is 6.04 Å². The highest BCUT2D eigenvalue weighted by Gasteiger charge is 2.22. The van der Waals surface area contributed by atoms with Gasteiger partial charge in [0.25, 0.3) is 0 Å². The second-order valence-corrected chi connectivity index (χ2v) is 7.96. The summed E-state index contributed by atoms with van der Waals surface area (Å²) in [5.41, 5.74) is 0.679. The van der Waals surface area contributed by atoms with Gasteiger partial charge < -0.3 is 10.2 Å². The molecule has 5 nitrogen and oxygen atoms in total. The molecule has 1 aromatic carbocycles. The summed E-state index contributed by atoms with van der Waals surface area (Å²) in [5, 5.41) is 3.35. The fourth-order valence-electron chi connectivity index (χ4n) is 2.67. The standard InChI is InChI=1S/C15H25N3O2S/c1-13(12-18-10-6-7-11-18)16-14-8-4-5-9-15(14)21(19,20)17(2)3/h4-5,8-9,13,16H,6-7,10-12H2,1-3H3. The number of likely N-dealkylation sites (tertiary alicyclic amines) is 1. The molecule has 1 unspecified atom stereocenters. The van der Waals surface area contributed by atoms with E-state index in [0.717, 1.165) is 19.6 Å². The van der Waals surface area contributed by atoms with Gasteiger partial charge in [-0.15, -0.1) is 0 Å². The molecule has 0 spiro atoms. The molecule has 0 radical (unpaired) electrons. The zero-order chi connectivity index (χ0) is 15.5. The highest BCUT2D eigenvalue weighted by Crippen LogP contribution is 2.24. The van der Waals surface area contributed by atoms with Crippen molar-refractivity contribution in [3.8, 4) is 0 Å². The molecule has 1 atom stereocenters. The molecule has 0 aliphatic carbocycles. The smallest absolute Gasteiger partial charge is 0.244 e. The lowest BCUT2D eigenvalue weighted by Crippen LogP contribution is -2.33. The zero-order valence-electron chi connectivity index (χ0n) is 13.0. The number of nitrogens with one attached hydrogen (secondary N) is 1. The molecule has 1 fully saturated rings. The van der Waals surface area contributed by atoms with E-state index in [1.54, 1.807) is 26.2 Å². The summed E-state index contributed by atoms with van der Waals surface area (Å²) in [6, 6.07) is 7.31. The minimum atomic E-state index is -3.42. The second kappa shape index (κ2) is 6.77. The SMILES string of the molecule is CC(CN1CCCC1)Nc1ccccc1S(=O)(=O)N(C)C. The number of rotatable bonds is 6. The molecule has 1 N–H and O–H groups in total. The molecule has 2 rings (SSSR count). The molecule has 1 aliphatic heterocycles. The Hall–Kier alpha value is -1.11. The monoisotopic (exact) mass is 311 g/mol. The molecule has 0 aromatic heterocycles. The Balaban J connectivity index is 2.13. The molecule has 0 bridgehead atoms. The van der Waals surface area contributed by atoms with Crippen LogP contribution in [0.15, 0.2) is 29.2 Å². The van der Waals surface area contributed by atoms with Crippen molar-refractivity contribution in [2.75, 3.05) is 39.0 Å². The number of nitrogens with zero attached hydrogens (tertiary/aromatic N) is 2. The van der Waals surface area contributed by atoms with E-state index >= 15 is 0 Å². The number of benzene rings is 1. The first kappa shape index (κ1) is 16.3. The summed E-state index contributed by atoms with van der Waals surface area (Å²) in [4.78, 5) is 2.75. The first-order chi connectivity index (χ1) is 9.91. The van der Waals surface area contributed by atoms with E-state index in [1.165, 1.54) is 17.1 Å². The van der Waals surface area contributed by atoms with E-state index in [1.807, 2.05) is 12.1 Å². The molecule has 1 saturated heterocycles. The van der Waals surface area contributed by atoms with Gasteiger partial charge in [0.2, 0.25) is 10.0 Å². The fraction of sp³-hybridized carbons (Fsp3) is 0.600. The average molecular weight is 311 g/mol. The van der Waals surface area contributed by atoms with Gasteiger partial charge in [-0.2, -0.15) is 0 Å². The number of para-hydroxylation sites is 1. The van der Waals surface area contributed by atoms with Crippen molar-refractivity contribution in [3.05, 3.63) is 24.3 Å². The molecule has 0 amide bonds. The van der Waals surface area contributed by atoms with E-state index in [2.05, 4.69) is 17.1 Å². The van der Waals surface area contributed by atoms with Crippen LogP contribution in [-0.2, 0) is 10.0 Å². The van der Waals surface area contributed by atoms with Crippen LogP contribution < -0.4 is 5.32 Å². The predicted octanol–water partition coefficient (Wildman–Crippen LogP) is 1.83. The summed E-state index contributed by atoms with van der Waals surface area (Å²) in [6.07, 6.45) is 2.52. The topological polar surface area (TPSA) is 52.7 Å². The molecule has 1 heterocycles. The Morgan fingerprint density at radius 1 is 1.24 bits per heavy atom. The summed E-state index contributed by atoms with van der Waals surface area (Å²) in [6.45, 7) is 5.32. The minimum Gasteiger partial charge on any atom is -0.380 e. The summed E-state index contributed by atoms with van der Waals surface area (Å²) < 4.78 is 26.0. The Kier molecular flexibility index (Phi) is 5.24. The van der Waals surface area contributed by atoms with Crippen LogP contribution in [-0.4, -0.2) is 57.4 Å². The first-order valence-corrected chi connectivity index (χ1v) is 8.85. The number of sulfonamides is 1. The number of anilines is 1. The molecule has 0 saturated carbocycles. The minimum absolute atomic E-state index is 0.210. The molecular formula is C15H25N3O2S. The van der Waals surface area contributed by atoms with Crippen LogP contribution in [0.3, 0.4) is 0 Å². The summed E-state index contributed by atoms with van der Waals surface area (Å²) in [5.74, 6) is 0. The van der Waals surface area contributed by atoms with Crippen LogP contribution in [0.5, 0.6) is 0 Å². The van der Waals surface area contributed by atoms with Gasteiger partial charge in [-0.05, 0) is 45.0 Å². The molecule has 6 heteroatoms. The van der Waals surface area contributed by atoms with Crippen molar-refractivity contribution in [2.24, 2.45) is 0 Å². The molecule has 1 aliphatic rings. The zero-order valence-corrected chi connectivity index (χ0v) is 13.9. The van der Waals surface area contributed by atoms with Crippen LogP contribution in [0.4, 0.5) is 5.69 Å². The quantitative estimate of drug-likeness (QED) is 0.871. The van der Waals surface area contributed by atoms with E-state index in [0.29, 0.717) is 10.6 Å². The van der Waals surface area contributed by atoms with Crippen molar-refractivity contribution < 1.29 is 8.42 Å². The lowest BCUT2D eigenvalue weighted by atomic mass is 10.2. The molecule has 1 aromatic rings. The van der Waals surface area contributed by atoms with E-state index in [4.69, 9.17) is 0 Å². The maximum absolute atomic E-state index is 12.4. The lowest BCUT2D eigenvalue weighted by Gasteiger charge is -2.24. The molecule has 118 valence electrons. The van der Waals surface area contributed by atoms with E-state index in [9.17, 15) is 8.42 Å².